The third-order valence-corrected chi connectivity index (χ3v) is 3.22. The van der Waals surface area contributed by atoms with E-state index in [9.17, 15) is 0 Å². The summed E-state index contributed by atoms with van der Waals surface area (Å²) in [4.78, 5) is 0. The van der Waals surface area contributed by atoms with Gasteiger partial charge in [-0.2, -0.15) is 5.10 Å². The van der Waals surface area contributed by atoms with Crippen molar-refractivity contribution in [3.8, 4) is 0 Å². The molecule has 1 aliphatic rings. The number of nitrogen functional groups attached to an aromatic ring is 1. The number of aromatic nitrogens is 2. The first-order chi connectivity index (χ1) is 7.61. The lowest BCUT2D eigenvalue weighted by Gasteiger charge is -2.24. The lowest BCUT2D eigenvalue weighted by molar-refractivity contribution is 0.00939. The molecule has 1 aromatic rings. The minimum atomic E-state index is 0.181. The molecule has 2 N–H and O–H groups in total. The maximum absolute atomic E-state index is 5.96. The zero-order chi connectivity index (χ0) is 11.7. The van der Waals surface area contributed by atoms with E-state index in [1.165, 1.54) is 18.5 Å². The SMILES string of the molecule is CC(C)c1c(N)nn(C)c1C1CCCCO1. The van der Waals surface area contributed by atoms with Crippen LogP contribution < -0.4 is 5.73 Å². The highest BCUT2D eigenvalue weighted by molar-refractivity contribution is 5.45. The summed E-state index contributed by atoms with van der Waals surface area (Å²) in [6.07, 6.45) is 3.66. The average Bonchev–Trinajstić information content (AvgIpc) is 2.55. The van der Waals surface area contributed by atoms with E-state index < -0.39 is 0 Å². The lowest BCUT2D eigenvalue weighted by atomic mass is 9.96. The topological polar surface area (TPSA) is 53.1 Å². The minimum absolute atomic E-state index is 0.181. The predicted octanol–water partition coefficient (Wildman–Crippen LogP) is 2.37. The number of rotatable bonds is 2. The highest BCUT2D eigenvalue weighted by atomic mass is 16.5. The minimum Gasteiger partial charge on any atom is -0.382 e. The van der Waals surface area contributed by atoms with Crippen LogP contribution in [-0.2, 0) is 11.8 Å². The molecular formula is C12H21N3O. The highest BCUT2D eigenvalue weighted by Crippen LogP contribution is 2.35. The quantitative estimate of drug-likeness (QED) is 0.837. The van der Waals surface area contributed by atoms with Crippen LogP contribution in [0.1, 0.15) is 56.4 Å². The molecule has 1 fully saturated rings. The summed E-state index contributed by atoms with van der Waals surface area (Å²) in [7, 11) is 1.95. The van der Waals surface area contributed by atoms with Crippen molar-refractivity contribution in [2.45, 2.75) is 45.1 Å². The summed E-state index contributed by atoms with van der Waals surface area (Å²) in [5, 5.41) is 4.32. The van der Waals surface area contributed by atoms with Crippen molar-refractivity contribution in [3.63, 3.8) is 0 Å². The first-order valence-corrected chi connectivity index (χ1v) is 6.05. The molecule has 90 valence electrons. The molecule has 2 heterocycles. The fourth-order valence-electron chi connectivity index (χ4n) is 2.50. The van der Waals surface area contributed by atoms with E-state index in [-0.39, 0.29) is 6.10 Å². The van der Waals surface area contributed by atoms with Crippen LogP contribution in [0.5, 0.6) is 0 Å². The van der Waals surface area contributed by atoms with E-state index in [4.69, 9.17) is 10.5 Å². The Hall–Kier alpha value is -1.03. The van der Waals surface area contributed by atoms with Crippen LogP contribution >= 0.6 is 0 Å². The summed E-state index contributed by atoms with van der Waals surface area (Å²) in [6, 6.07) is 0. The predicted molar refractivity (Wildman–Crippen MR) is 64.3 cm³/mol. The number of nitrogens with zero attached hydrogens (tertiary/aromatic N) is 2. The summed E-state index contributed by atoms with van der Waals surface area (Å²) in [5.74, 6) is 1.05. The van der Waals surface area contributed by atoms with Gasteiger partial charge in [0.2, 0.25) is 0 Å². The molecule has 0 bridgehead atoms. The van der Waals surface area contributed by atoms with Gasteiger partial charge in [0.1, 0.15) is 5.82 Å². The largest absolute Gasteiger partial charge is 0.382 e. The van der Waals surface area contributed by atoms with E-state index in [0.717, 1.165) is 18.6 Å². The van der Waals surface area contributed by atoms with Crippen molar-refractivity contribution in [1.29, 1.82) is 0 Å². The zero-order valence-electron chi connectivity index (χ0n) is 10.4. The maximum atomic E-state index is 5.96. The van der Waals surface area contributed by atoms with Crippen LogP contribution in [0, 0.1) is 0 Å². The van der Waals surface area contributed by atoms with Crippen molar-refractivity contribution in [2.75, 3.05) is 12.3 Å². The Balaban J connectivity index is 2.37. The number of anilines is 1. The van der Waals surface area contributed by atoms with Gasteiger partial charge in [-0.25, -0.2) is 0 Å². The zero-order valence-corrected chi connectivity index (χ0v) is 10.4. The fourth-order valence-corrected chi connectivity index (χ4v) is 2.50. The van der Waals surface area contributed by atoms with Crippen LogP contribution in [-0.4, -0.2) is 16.4 Å². The van der Waals surface area contributed by atoms with Crippen molar-refractivity contribution < 1.29 is 4.74 Å². The maximum Gasteiger partial charge on any atom is 0.149 e. The molecule has 4 nitrogen and oxygen atoms in total. The average molecular weight is 223 g/mol. The third-order valence-electron chi connectivity index (χ3n) is 3.22. The van der Waals surface area contributed by atoms with E-state index >= 15 is 0 Å². The Labute approximate surface area is 96.8 Å². The monoisotopic (exact) mass is 223 g/mol. The molecule has 0 spiro atoms. The van der Waals surface area contributed by atoms with E-state index in [2.05, 4.69) is 18.9 Å². The molecule has 0 radical (unpaired) electrons. The van der Waals surface area contributed by atoms with Crippen LogP contribution in [0.2, 0.25) is 0 Å². The van der Waals surface area contributed by atoms with Crippen LogP contribution in [0.3, 0.4) is 0 Å². The van der Waals surface area contributed by atoms with Gasteiger partial charge in [0.25, 0.3) is 0 Å². The molecule has 2 rings (SSSR count). The van der Waals surface area contributed by atoms with Gasteiger partial charge in [0.05, 0.1) is 11.8 Å². The second-order valence-electron chi connectivity index (χ2n) is 4.82. The van der Waals surface area contributed by atoms with Gasteiger partial charge in [0.15, 0.2) is 0 Å². The fraction of sp³-hybridized carbons (Fsp3) is 0.750. The van der Waals surface area contributed by atoms with Gasteiger partial charge in [-0.15, -0.1) is 0 Å². The molecule has 16 heavy (non-hydrogen) atoms. The molecule has 4 heteroatoms. The van der Waals surface area contributed by atoms with Crippen LogP contribution in [0.25, 0.3) is 0 Å². The van der Waals surface area contributed by atoms with Crippen LogP contribution in [0.4, 0.5) is 5.82 Å². The molecule has 0 amide bonds. The van der Waals surface area contributed by atoms with Gasteiger partial charge in [-0.3, -0.25) is 4.68 Å². The van der Waals surface area contributed by atoms with Gasteiger partial charge in [-0.1, -0.05) is 13.8 Å². The van der Waals surface area contributed by atoms with Crippen molar-refractivity contribution >= 4 is 5.82 Å². The Morgan fingerprint density at radius 2 is 2.19 bits per heavy atom. The molecule has 1 atom stereocenters. The second kappa shape index (κ2) is 4.45. The first-order valence-electron chi connectivity index (χ1n) is 6.05. The van der Waals surface area contributed by atoms with Crippen molar-refractivity contribution in [3.05, 3.63) is 11.3 Å². The molecular weight excluding hydrogens is 202 g/mol. The van der Waals surface area contributed by atoms with Gasteiger partial charge >= 0.3 is 0 Å². The number of hydrogen-bond donors (Lipinski definition) is 1. The molecule has 0 saturated carbocycles. The van der Waals surface area contributed by atoms with E-state index in [0.29, 0.717) is 11.7 Å². The van der Waals surface area contributed by atoms with Crippen molar-refractivity contribution in [2.24, 2.45) is 7.05 Å². The summed E-state index contributed by atoms with van der Waals surface area (Å²) >= 11 is 0. The molecule has 1 unspecified atom stereocenters. The molecule has 1 aromatic heterocycles. The molecule has 0 aromatic carbocycles. The standard InChI is InChI=1S/C12H21N3O/c1-8(2)10-11(15(3)14-12(10)13)9-6-4-5-7-16-9/h8-9H,4-7H2,1-3H3,(H2,13,14). The Bertz CT molecular complexity index is 365. The third kappa shape index (κ3) is 1.94. The molecule has 0 aliphatic carbocycles. The first kappa shape index (κ1) is 11.5. The summed E-state index contributed by atoms with van der Waals surface area (Å²) < 4.78 is 7.72. The van der Waals surface area contributed by atoms with Gasteiger partial charge < -0.3 is 10.5 Å². The van der Waals surface area contributed by atoms with Crippen LogP contribution in [0.15, 0.2) is 0 Å². The smallest absolute Gasteiger partial charge is 0.149 e. The van der Waals surface area contributed by atoms with E-state index in [1.54, 1.807) is 0 Å². The van der Waals surface area contributed by atoms with Crippen molar-refractivity contribution in [1.82, 2.24) is 9.78 Å². The number of hydrogen-bond acceptors (Lipinski definition) is 3. The summed E-state index contributed by atoms with van der Waals surface area (Å²) in [6.45, 7) is 5.16. The van der Waals surface area contributed by atoms with Gasteiger partial charge in [-0.05, 0) is 25.2 Å². The number of aryl methyl sites for hydroxylation is 1. The Kier molecular flexibility index (Phi) is 3.19. The Morgan fingerprint density at radius 3 is 2.75 bits per heavy atom. The normalized spacial score (nSPS) is 21.6. The highest BCUT2D eigenvalue weighted by Gasteiger charge is 2.26. The van der Waals surface area contributed by atoms with Gasteiger partial charge in [0, 0.05) is 19.2 Å². The number of ether oxygens (including phenoxy) is 1. The number of nitrogens with two attached hydrogens (primary N) is 1. The lowest BCUT2D eigenvalue weighted by Crippen LogP contribution is -2.16. The molecule has 1 aliphatic heterocycles. The second-order valence-corrected chi connectivity index (χ2v) is 4.82. The Morgan fingerprint density at radius 1 is 1.44 bits per heavy atom. The summed E-state index contributed by atoms with van der Waals surface area (Å²) in [5.41, 5.74) is 8.30. The molecule has 1 saturated heterocycles. The van der Waals surface area contributed by atoms with E-state index in [1.807, 2.05) is 11.7 Å².